The number of hydrogen-bond acceptors (Lipinski definition) is 4. The summed E-state index contributed by atoms with van der Waals surface area (Å²) in [6.45, 7) is 3.62. The van der Waals surface area contributed by atoms with Gasteiger partial charge in [-0.25, -0.2) is 0 Å². The average molecular weight is 433 g/mol. The number of anilines is 1. The van der Waals surface area contributed by atoms with Gasteiger partial charge in [0, 0.05) is 6.54 Å². The van der Waals surface area contributed by atoms with E-state index in [-0.39, 0.29) is 10.8 Å². The Morgan fingerprint density at radius 1 is 1.17 bits per heavy atom. The summed E-state index contributed by atoms with van der Waals surface area (Å²) in [5.41, 5.74) is -1.86. The Bertz CT molecular complexity index is 1040. The highest BCUT2D eigenvalue weighted by Crippen LogP contribution is 2.38. The van der Waals surface area contributed by atoms with Crippen molar-refractivity contribution in [2.24, 2.45) is 0 Å². The first-order chi connectivity index (χ1) is 14.0. The van der Waals surface area contributed by atoms with Gasteiger partial charge in [-0.05, 0) is 62.0 Å². The lowest BCUT2D eigenvalue weighted by Gasteiger charge is -2.29. The molecule has 9 heteroatoms. The Hall–Kier alpha value is -3.12. The summed E-state index contributed by atoms with van der Waals surface area (Å²) in [6, 6.07) is 11.9. The fourth-order valence-corrected chi connectivity index (χ4v) is 3.73. The first kappa shape index (κ1) is 21.6. The van der Waals surface area contributed by atoms with Gasteiger partial charge in [0.2, 0.25) is 0 Å². The molecule has 0 aromatic heterocycles. The lowest BCUT2D eigenvalue weighted by molar-refractivity contribution is -0.137. The number of alkyl halides is 3. The molecule has 1 amide bonds. The Kier molecular flexibility index (Phi) is 5.48. The molecular weight excluding hydrogens is 415 g/mol. The molecule has 2 aromatic carbocycles. The highest BCUT2D eigenvalue weighted by atomic mass is 32.1. The van der Waals surface area contributed by atoms with E-state index >= 15 is 0 Å². The molecule has 0 bridgehead atoms. The Morgan fingerprint density at radius 3 is 2.33 bits per heavy atom. The molecule has 30 heavy (non-hydrogen) atoms. The second-order valence-electron chi connectivity index (χ2n) is 7.26. The lowest BCUT2D eigenvalue weighted by Crippen LogP contribution is -2.43. The molecule has 0 aliphatic carbocycles. The van der Waals surface area contributed by atoms with Crippen LogP contribution in [-0.4, -0.2) is 28.6 Å². The van der Waals surface area contributed by atoms with Gasteiger partial charge in [-0.3, -0.25) is 9.69 Å². The largest absolute Gasteiger partial charge is 0.497 e. The molecule has 1 heterocycles. The Labute approximate surface area is 177 Å². The zero-order valence-electron chi connectivity index (χ0n) is 16.4. The molecule has 1 aliphatic heterocycles. The maximum Gasteiger partial charge on any atom is 0.417 e. The standard InChI is InChI=1S/C21H18F3N3O2S/c1-20(2)18(28)27(15-7-6-14(11-25)17(10-15)21(22,23)24)19(30)26(20)12-13-4-8-16(29-3)9-5-13/h4-10H,12H2,1-3H3. The summed E-state index contributed by atoms with van der Waals surface area (Å²) >= 11 is 5.48. The van der Waals surface area contributed by atoms with Crippen LogP contribution in [0.15, 0.2) is 42.5 Å². The normalized spacial score (nSPS) is 16.0. The van der Waals surface area contributed by atoms with E-state index in [0.29, 0.717) is 12.3 Å². The highest BCUT2D eigenvalue weighted by Gasteiger charge is 2.49. The van der Waals surface area contributed by atoms with Crippen LogP contribution in [0.5, 0.6) is 5.75 Å². The van der Waals surface area contributed by atoms with E-state index in [2.05, 4.69) is 0 Å². The zero-order valence-corrected chi connectivity index (χ0v) is 17.3. The summed E-state index contributed by atoms with van der Waals surface area (Å²) in [5, 5.41) is 9.09. The van der Waals surface area contributed by atoms with Crippen molar-refractivity contribution in [3.8, 4) is 11.8 Å². The third kappa shape index (κ3) is 3.71. The first-order valence-corrected chi connectivity index (χ1v) is 9.32. The number of carbonyl (C=O) groups excluding carboxylic acids is 1. The number of amides is 1. The van der Waals surface area contributed by atoms with Crippen LogP contribution < -0.4 is 9.64 Å². The fourth-order valence-electron chi connectivity index (χ4n) is 3.25. The maximum absolute atomic E-state index is 13.4. The van der Waals surface area contributed by atoms with Gasteiger partial charge >= 0.3 is 6.18 Å². The van der Waals surface area contributed by atoms with Crippen LogP contribution >= 0.6 is 12.2 Å². The van der Waals surface area contributed by atoms with Crippen molar-refractivity contribution in [2.75, 3.05) is 12.0 Å². The molecule has 0 atom stereocenters. The minimum atomic E-state index is -4.73. The Morgan fingerprint density at radius 2 is 1.80 bits per heavy atom. The molecule has 0 unspecified atom stereocenters. The van der Waals surface area contributed by atoms with Gasteiger partial charge in [-0.15, -0.1) is 0 Å². The van der Waals surface area contributed by atoms with E-state index in [1.807, 2.05) is 12.1 Å². The van der Waals surface area contributed by atoms with Crippen LogP contribution in [0.3, 0.4) is 0 Å². The number of carbonyl (C=O) groups is 1. The molecule has 1 saturated heterocycles. The van der Waals surface area contributed by atoms with E-state index in [0.717, 1.165) is 22.6 Å². The third-order valence-electron chi connectivity index (χ3n) is 5.01. The minimum absolute atomic E-state index is 0.0263. The average Bonchev–Trinajstić information content (AvgIpc) is 2.87. The lowest BCUT2D eigenvalue weighted by atomic mass is 10.0. The third-order valence-corrected chi connectivity index (χ3v) is 5.41. The van der Waals surface area contributed by atoms with Crippen LogP contribution in [0.1, 0.15) is 30.5 Å². The van der Waals surface area contributed by atoms with E-state index in [1.54, 1.807) is 38.0 Å². The number of hydrogen-bond donors (Lipinski definition) is 0. The second kappa shape index (κ2) is 7.61. The van der Waals surface area contributed by atoms with Gasteiger partial charge in [0.15, 0.2) is 5.11 Å². The van der Waals surface area contributed by atoms with Crippen LogP contribution in [0.4, 0.5) is 18.9 Å². The van der Waals surface area contributed by atoms with Crippen molar-refractivity contribution in [3.05, 3.63) is 59.2 Å². The summed E-state index contributed by atoms with van der Waals surface area (Å²) in [5.74, 6) is 0.232. The van der Waals surface area contributed by atoms with Crippen molar-refractivity contribution in [1.82, 2.24) is 4.90 Å². The zero-order chi connectivity index (χ0) is 22.3. The van der Waals surface area contributed by atoms with Crippen molar-refractivity contribution in [1.29, 1.82) is 5.26 Å². The number of ether oxygens (including phenoxy) is 1. The highest BCUT2D eigenvalue weighted by molar-refractivity contribution is 7.80. The van der Waals surface area contributed by atoms with Crippen molar-refractivity contribution >= 4 is 28.9 Å². The summed E-state index contributed by atoms with van der Waals surface area (Å²) in [6.07, 6.45) is -4.73. The van der Waals surface area contributed by atoms with E-state index < -0.39 is 28.7 Å². The quantitative estimate of drug-likeness (QED) is 0.665. The van der Waals surface area contributed by atoms with Gasteiger partial charge < -0.3 is 9.64 Å². The summed E-state index contributed by atoms with van der Waals surface area (Å²) in [7, 11) is 1.55. The number of nitrogens with zero attached hydrogens (tertiary/aromatic N) is 3. The van der Waals surface area contributed by atoms with Crippen LogP contribution in [-0.2, 0) is 17.5 Å². The van der Waals surface area contributed by atoms with Gasteiger partial charge in [0.25, 0.3) is 5.91 Å². The van der Waals surface area contributed by atoms with Crippen molar-refractivity contribution < 1.29 is 22.7 Å². The van der Waals surface area contributed by atoms with E-state index in [1.165, 1.54) is 12.1 Å². The first-order valence-electron chi connectivity index (χ1n) is 8.91. The number of halogens is 3. The summed E-state index contributed by atoms with van der Waals surface area (Å²) < 4.78 is 45.2. The predicted octanol–water partition coefficient (Wildman–Crippen LogP) is 4.50. The topological polar surface area (TPSA) is 56.6 Å². The smallest absolute Gasteiger partial charge is 0.417 e. The van der Waals surface area contributed by atoms with E-state index in [4.69, 9.17) is 22.2 Å². The molecular formula is C21H18F3N3O2S. The van der Waals surface area contributed by atoms with Crippen LogP contribution in [0.2, 0.25) is 0 Å². The number of benzene rings is 2. The molecule has 0 spiro atoms. The summed E-state index contributed by atoms with van der Waals surface area (Å²) in [4.78, 5) is 15.8. The molecule has 1 aliphatic rings. The molecule has 0 saturated carbocycles. The van der Waals surface area contributed by atoms with Gasteiger partial charge in [-0.1, -0.05) is 12.1 Å². The monoisotopic (exact) mass is 433 g/mol. The molecule has 156 valence electrons. The number of nitriles is 1. The molecule has 3 rings (SSSR count). The maximum atomic E-state index is 13.4. The SMILES string of the molecule is COc1ccc(CN2C(=S)N(c3ccc(C#N)c(C(F)(F)F)c3)C(=O)C2(C)C)cc1. The number of methoxy groups -OCH3 is 1. The van der Waals surface area contributed by atoms with Gasteiger partial charge in [0.05, 0.1) is 30.0 Å². The fraction of sp³-hybridized carbons (Fsp3) is 0.286. The Balaban J connectivity index is 1.98. The molecule has 1 fully saturated rings. The van der Waals surface area contributed by atoms with Crippen LogP contribution in [0, 0.1) is 11.3 Å². The molecule has 5 nitrogen and oxygen atoms in total. The van der Waals surface area contributed by atoms with E-state index in [9.17, 15) is 18.0 Å². The minimum Gasteiger partial charge on any atom is -0.497 e. The van der Waals surface area contributed by atoms with Crippen molar-refractivity contribution in [2.45, 2.75) is 32.1 Å². The van der Waals surface area contributed by atoms with Crippen molar-refractivity contribution in [3.63, 3.8) is 0 Å². The molecule has 0 N–H and O–H groups in total. The second-order valence-corrected chi connectivity index (χ2v) is 7.62. The molecule has 2 aromatic rings. The predicted molar refractivity (Wildman–Crippen MR) is 109 cm³/mol. The van der Waals surface area contributed by atoms with Gasteiger partial charge in [-0.2, -0.15) is 18.4 Å². The number of thiocarbonyl (C=S) groups is 1. The van der Waals surface area contributed by atoms with Crippen LogP contribution in [0.25, 0.3) is 0 Å². The van der Waals surface area contributed by atoms with Gasteiger partial charge in [0.1, 0.15) is 11.3 Å². The number of rotatable bonds is 4. The molecule has 0 radical (unpaired) electrons.